The lowest BCUT2D eigenvalue weighted by molar-refractivity contribution is 0.625. The van der Waals surface area contributed by atoms with Gasteiger partial charge in [0.25, 0.3) is 0 Å². The predicted octanol–water partition coefficient (Wildman–Crippen LogP) is 2.84. The number of aromatic nitrogens is 1. The Balaban J connectivity index is 2.49. The van der Waals surface area contributed by atoms with Gasteiger partial charge in [-0.05, 0) is 31.2 Å². The predicted molar refractivity (Wildman–Crippen MR) is 71.2 cm³/mol. The average Bonchev–Trinajstić information content (AvgIpc) is 2.42. The lowest BCUT2D eigenvalue weighted by Crippen LogP contribution is -2.20. The standard InChI is InChI=1S/C14H16FN3/c1-2-18(13-7-4-3-6-11(13)15)14-8-5-9-17-12(14)10-16/h3-9H,2,10,16H2,1H3. The minimum Gasteiger partial charge on any atom is -0.338 e. The number of anilines is 2. The summed E-state index contributed by atoms with van der Waals surface area (Å²) in [5.41, 5.74) is 7.84. The number of benzene rings is 1. The van der Waals surface area contributed by atoms with Gasteiger partial charge in [-0.15, -0.1) is 0 Å². The Kier molecular flexibility index (Phi) is 3.89. The number of nitrogens with two attached hydrogens (primary N) is 1. The van der Waals surface area contributed by atoms with Crippen molar-refractivity contribution in [2.75, 3.05) is 11.4 Å². The molecule has 0 saturated carbocycles. The summed E-state index contributed by atoms with van der Waals surface area (Å²) in [6.45, 7) is 2.96. The first kappa shape index (κ1) is 12.5. The fourth-order valence-electron chi connectivity index (χ4n) is 1.97. The maximum absolute atomic E-state index is 13.9. The van der Waals surface area contributed by atoms with Gasteiger partial charge in [0, 0.05) is 19.3 Å². The van der Waals surface area contributed by atoms with E-state index in [0.29, 0.717) is 18.8 Å². The quantitative estimate of drug-likeness (QED) is 0.900. The molecule has 0 saturated heterocycles. The molecule has 2 rings (SSSR count). The largest absolute Gasteiger partial charge is 0.338 e. The molecule has 0 spiro atoms. The van der Waals surface area contributed by atoms with E-state index in [2.05, 4.69) is 4.98 Å². The van der Waals surface area contributed by atoms with E-state index in [0.717, 1.165) is 11.4 Å². The van der Waals surface area contributed by atoms with Crippen molar-refractivity contribution >= 4 is 11.4 Å². The molecule has 0 bridgehead atoms. The van der Waals surface area contributed by atoms with Crippen LogP contribution in [0.2, 0.25) is 0 Å². The van der Waals surface area contributed by atoms with Gasteiger partial charge < -0.3 is 10.6 Å². The summed E-state index contributed by atoms with van der Waals surface area (Å²) in [5, 5.41) is 0. The Hall–Kier alpha value is -1.94. The van der Waals surface area contributed by atoms with E-state index in [4.69, 9.17) is 5.73 Å². The number of pyridine rings is 1. The van der Waals surface area contributed by atoms with E-state index < -0.39 is 0 Å². The van der Waals surface area contributed by atoms with Crippen molar-refractivity contribution < 1.29 is 4.39 Å². The zero-order valence-electron chi connectivity index (χ0n) is 10.3. The minimum atomic E-state index is -0.244. The van der Waals surface area contributed by atoms with Gasteiger partial charge in [0.15, 0.2) is 0 Å². The summed E-state index contributed by atoms with van der Waals surface area (Å²) >= 11 is 0. The minimum absolute atomic E-state index is 0.244. The molecule has 4 heteroatoms. The van der Waals surface area contributed by atoms with Gasteiger partial charge in [0.1, 0.15) is 5.82 Å². The summed E-state index contributed by atoms with van der Waals surface area (Å²) in [4.78, 5) is 6.11. The van der Waals surface area contributed by atoms with Gasteiger partial charge in [0.05, 0.1) is 17.1 Å². The lowest BCUT2D eigenvalue weighted by atomic mass is 10.2. The second kappa shape index (κ2) is 5.60. The molecule has 0 aliphatic rings. The van der Waals surface area contributed by atoms with Crippen molar-refractivity contribution in [3.05, 3.63) is 54.1 Å². The van der Waals surface area contributed by atoms with Crippen molar-refractivity contribution in [2.45, 2.75) is 13.5 Å². The number of hydrogen-bond donors (Lipinski definition) is 1. The van der Waals surface area contributed by atoms with Crippen LogP contribution in [0.15, 0.2) is 42.6 Å². The Morgan fingerprint density at radius 3 is 2.56 bits per heavy atom. The van der Waals surface area contributed by atoms with Crippen LogP contribution in [0.25, 0.3) is 0 Å². The summed E-state index contributed by atoms with van der Waals surface area (Å²) in [7, 11) is 0. The van der Waals surface area contributed by atoms with E-state index in [1.807, 2.05) is 30.0 Å². The molecule has 0 amide bonds. The zero-order valence-corrected chi connectivity index (χ0v) is 10.3. The van der Waals surface area contributed by atoms with E-state index in [1.165, 1.54) is 6.07 Å². The van der Waals surface area contributed by atoms with Crippen molar-refractivity contribution in [1.29, 1.82) is 0 Å². The van der Waals surface area contributed by atoms with E-state index in [9.17, 15) is 4.39 Å². The summed E-state index contributed by atoms with van der Waals surface area (Å²) < 4.78 is 13.9. The molecular weight excluding hydrogens is 229 g/mol. The topological polar surface area (TPSA) is 42.2 Å². The normalized spacial score (nSPS) is 10.4. The van der Waals surface area contributed by atoms with Gasteiger partial charge in [-0.25, -0.2) is 4.39 Å². The monoisotopic (exact) mass is 245 g/mol. The highest BCUT2D eigenvalue weighted by Gasteiger charge is 2.14. The van der Waals surface area contributed by atoms with Crippen molar-refractivity contribution in [2.24, 2.45) is 5.73 Å². The highest BCUT2D eigenvalue weighted by molar-refractivity contribution is 5.65. The van der Waals surface area contributed by atoms with Crippen LogP contribution >= 0.6 is 0 Å². The van der Waals surface area contributed by atoms with Crippen LogP contribution in [0.3, 0.4) is 0 Å². The third-order valence-corrected chi connectivity index (χ3v) is 2.81. The highest BCUT2D eigenvalue weighted by Crippen LogP contribution is 2.28. The molecular formula is C14H16FN3. The van der Waals surface area contributed by atoms with Crippen LogP contribution in [0, 0.1) is 5.82 Å². The lowest BCUT2D eigenvalue weighted by Gasteiger charge is -2.25. The SMILES string of the molecule is CCN(c1ccccc1F)c1cccnc1CN. The molecule has 18 heavy (non-hydrogen) atoms. The van der Waals surface area contributed by atoms with E-state index in [-0.39, 0.29) is 5.82 Å². The first-order valence-corrected chi connectivity index (χ1v) is 5.94. The smallest absolute Gasteiger partial charge is 0.146 e. The molecule has 0 atom stereocenters. The number of rotatable bonds is 4. The number of nitrogens with zero attached hydrogens (tertiary/aromatic N) is 2. The van der Waals surface area contributed by atoms with Crippen LogP contribution in [0.1, 0.15) is 12.6 Å². The Labute approximate surface area is 106 Å². The maximum Gasteiger partial charge on any atom is 0.146 e. The first-order valence-electron chi connectivity index (χ1n) is 5.94. The van der Waals surface area contributed by atoms with Gasteiger partial charge in [-0.1, -0.05) is 12.1 Å². The summed E-state index contributed by atoms with van der Waals surface area (Å²) in [5.74, 6) is -0.244. The van der Waals surface area contributed by atoms with Crippen molar-refractivity contribution in [3.8, 4) is 0 Å². The molecule has 0 aliphatic heterocycles. The average molecular weight is 245 g/mol. The first-order chi connectivity index (χ1) is 8.77. The van der Waals surface area contributed by atoms with Gasteiger partial charge in [-0.2, -0.15) is 0 Å². The molecule has 2 N–H and O–H groups in total. The van der Waals surface area contributed by atoms with Crippen molar-refractivity contribution in [3.63, 3.8) is 0 Å². The fourth-order valence-corrected chi connectivity index (χ4v) is 1.97. The molecule has 1 aromatic heterocycles. The molecule has 1 aromatic carbocycles. The summed E-state index contributed by atoms with van der Waals surface area (Å²) in [6, 6.07) is 10.4. The van der Waals surface area contributed by atoms with Crippen LogP contribution in [-0.2, 0) is 6.54 Å². The molecule has 2 aromatic rings. The second-order valence-electron chi connectivity index (χ2n) is 3.87. The van der Waals surface area contributed by atoms with Crippen LogP contribution in [-0.4, -0.2) is 11.5 Å². The Morgan fingerprint density at radius 2 is 1.89 bits per heavy atom. The van der Waals surface area contributed by atoms with Crippen LogP contribution < -0.4 is 10.6 Å². The van der Waals surface area contributed by atoms with E-state index in [1.54, 1.807) is 18.3 Å². The molecule has 0 unspecified atom stereocenters. The van der Waals surface area contributed by atoms with Gasteiger partial charge in [0.2, 0.25) is 0 Å². The number of hydrogen-bond acceptors (Lipinski definition) is 3. The van der Waals surface area contributed by atoms with Crippen molar-refractivity contribution in [1.82, 2.24) is 4.98 Å². The third-order valence-electron chi connectivity index (χ3n) is 2.81. The molecule has 94 valence electrons. The molecule has 0 radical (unpaired) electrons. The van der Waals surface area contributed by atoms with E-state index >= 15 is 0 Å². The molecule has 1 heterocycles. The third kappa shape index (κ3) is 2.33. The molecule has 3 nitrogen and oxygen atoms in total. The number of para-hydroxylation sites is 1. The maximum atomic E-state index is 13.9. The highest BCUT2D eigenvalue weighted by atomic mass is 19.1. The second-order valence-corrected chi connectivity index (χ2v) is 3.87. The van der Waals surface area contributed by atoms with Crippen LogP contribution in [0.4, 0.5) is 15.8 Å². The molecule has 0 aliphatic carbocycles. The molecule has 0 fully saturated rings. The Morgan fingerprint density at radius 1 is 1.17 bits per heavy atom. The zero-order chi connectivity index (χ0) is 13.0. The van der Waals surface area contributed by atoms with Crippen LogP contribution in [0.5, 0.6) is 0 Å². The van der Waals surface area contributed by atoms with Gasteiger partial charge >= 0.3 is 0 Å². The fraction of sp³-hybridized carbons (Fsp3) is 0.214. The Bertz CT molecular complexity index is 528. The number of halogens is 1. The summed E-state index contributed by atoms with van der Waals surface area (Å²) in [6.07, 6.45) is 1.70. The van der Waals surface area contributed by atoms with Gasteiger partial charge in [-0.3, -0.25) is 4.98 Å².